The van der Waals surface area contributed by atoms with Crippen LogP contribution in [0.15, 0.2) is 0 Å². The van der Waals surface area contributed by atoms with Crippen LogP contribution in [0.1, 0.15) is 41.5 Å². The molecule has 0 radical (unpaired) electrons. The van der Waals surface area contributed by atoms with Gasteiger partial charge in [0.1, 0.15) is 12.1 Å². The van der Waals surface area contributed by atoms with Crippen molar-refractivity contribution >= 4 is 27.8 Å². The van der Waals surface area contributed by atoms with E-state index in [4.69, 9.17) is 12.8 Å². The fourth-order valence-corrected chi connectivity index (χ4v) is 2.84. The third kappa shape index (κ3) is 29.4. The molecule has 0 amide bonds. The van der Waals surface area contributed by atoms with E-state index in [2.05, 4.69) is 53.9 Å². The van der Waals surface area contributed by atoms with Gasteiger partial charge in [0.15, 0.2) is 0 Å². The number of nitrogens with two attached hydrogens (primary N) is 1. The maximum Gasteiger partial charge on any atom is 0.330 e. The van der Waals surface area contributed by atoms with Gasteiger partial charge in [0, 0.05) is 0 Å². The number of piperidine rings is 3. The van der Waals surface area contributed by atoms with Crippen molar-refractivity contribution < 1.29 is 20.5 Å². The largest absolute Gasteiger partial charge is 0.360 e. The highest BCUT2D eigenvalue weighted by atomic mass is 32.2. The highest BCUT2D eigenvalue weighted by Gasteiger charge is 2.35. The van der Waals surface area contributed by atoms with Crippen molar-refractivity contribution in [1.29, 1.82) is 0 Å². The first-order chi connectivity index (χ1) is 12.8. The van der Waals surface area contributed by atoms with Gasteiger partial charge in [-0.3, -0.25) is 0 Å². The smallest absolute Gasteiger partial charge is 0.330 e. The standard InChI is InChI=1S/C8H16N.C6H6N2S.C3H9S.C2H7N.CH5N.3CH4/c1-9-5-2-8(3-6-9)4-7-9;1-4-7-6(9-3)8-5-2;1-4(2)3;1-3-2;1-2;;;/h8H,2-7H2,1H3;1-2H,3H3,(H,7,8);1-3H3;3H,1-2H3;2H2,1H3;3*1H4/q+1;;+1;;;;;/p+3. The Morgan fingerprint density at radius 2 is 1.40 bits per heavy atom. The number of rotatable bonds is 0. The summed E-state index contributed by atoms with van der Waals surface area (Å²) in [5.74, 6) is 1.12. The van der Waals surface area contributed by atoms with E-state index < -0.39 is 0 Å². The Hall–Kier alpha value is -0.830. The van der Waals surface area contributed by atoms with Gasteiger partial charge in [-0.15, -0.1) is 0 Å². The lowest BCUT2D eigenvalue weighted by atomic mass is 9.86. The van der Waals surface area contributed by atoms with Gasteiger partial charge in [-0.05, 0) is 54.1 Å². The molecule has 0 aromatic heterocycles. The minimum Gasteiger partial charge on any atom is -0.360 e. The van der Waals surface area contributed by atoms with Crippen molar-refractivity contribution in [3.63, 3.8) is 0 Å². The van der Waals surface area contributed by atoms with Crippen molar-refractivity contribution in [1.82, 2.24) is 5.32 Å². The SMILES string of the molecule is C.C.C.C#CNC(=[NH+]C#C)SC.C[N+]12CCC(CC1)CC2.C[NH2+]C.C[NH3+].C[S+](C)C. The van der Waals surface area contributed by atoms with Crippen LogP contribution in [0.4, 0.5) is 0 Å². The van der Waals surface area contributed by atoms with Crippen LogP contribution in [-0.4, -0.2) is 82.5 Å². The predicted molar refractivity (Wildman–Crippen MR) is 146 cm³/mol. The number of hydrogen-bond donors (Lipinski definition) is 4. The molecule has 5 nitrogen and oxygen atoms in total. The van der Waals surface area contributed by atoms with E-state index in [9.17, 15) is 0 Å². The molecule has 2 bridgehead atoms. The molecule has 182 valence electrons. The summed E-state index contributed by atoms with van der Waals surface area (Å²) in [5.41, 5.74) is 3.25. The molecule has 0 aliphatic carbocycles. The third-order valence-corrected chi connectivity index (χ3v) is 4.42. The Morgan fingerprint density at radius 1 is 1.07 bits per heavy atom. The highest BCUT2D eigenvalue weighted by molar-refractivity contribution is 8.12. The molecule has 30 heavy (non-hydrogen) atoms. The monoisotopic (exact) mass is 468 g/mol. The summed E-state index contributed by atoms with van der Waals surface area (Å²) >= 11 is 1.43. The number of nitrogens with one attached hydrogen (secondary N) is 2. The van der Waals surface area contributed by atoms with Crippen LogP contribution in [0.2, 0.25) is 0 Å². The first-order valence-electron chi connectivity index (χ1n) is 9.40. The van der Waals surface area contributed by atoms with Gasteiger partial charge in [-0.25, -0.2) is 0 Å². The number of hydrogen-bond acceptors (Lipinski definition) is 1. The Morgan fingerprint density at radius 3 is 1.57 bits per heavy atom. The number of quaternary nitrogens is 3. The number of thioether (sulfide) groups is 1. The Balaban J connectivity index is -0.0000000649. The summed E-state index contributed by atoms with van der Waals surface area (Å²) in [6, 6.07) is 4.48. The summed E-state index contributed by atoms with van der Waals surface area (Å²) in [7, 11) is 8.80. The number of fused-ring (bicyclic) bond motifs is 3. The predicted octanol–water partition coefficient (Wildman–Crippen LogP) is -0.126. The number of terminal acetylenes is 2. The maximum atomic E-state index is 4.93. The van der Waals surface area contributed by atoms with Crippen LogP contribution in [0.5, 0.6) is 0 Å². The Kier molecular flexibility index (Phi) is 43.6. The summed E-state index contributed by atoms with van der Waals surface area (Å²) in [5, 5.41) is 5.28. The molecule has 3 aliphatic heterocycles. The average Bonchev–Trinajstić information content (AvgIpc) is 2.65. The fraction of sp³-hybridized carbons (Fsp3) is 0.783. The molecule has 0 spiro atoms. The zero-order chi connectivity index (χ0) is 21.7. The minimum absolute atomic E-state index is 0. The van der Waals surface area contributed by atoms with E-state index in [-0.39, 0.29) is 22.3 Å². The van der Waals surface area contributed by atoms with E-state index >= 15 is 0 Å². The molecule has 3 aliphatic rings. The molecule has 3 saturated heterocycles. The molecule has 7 heteroatoms. The van der Waals surface area contributed by atoms with Crippen molar-refractivity contribution in [2.24, 2.45) is 5.92 Å². The lowest BCUT2D eigenvalue weighted by molar-refractivity contribution is -0.924. The molecule has 0 atom stereocenters. The minimum atomic E-state index is 0. The first kappa shape index (κ1) is 43.1. The molecule has 3 rings (SSSR count). The van der Waals surface area contributed by atoms with Crippen molar-refractivity contribution in [2.45, 2.75) is 41.5 Å². The summed E-state index contributed by atoms with van der Waals surface area (Å²) in [4.78, 5) is 2.59. The second-order valence-electron chi connectivity index (χ2n) is 6.90. The fourth-order valence-electron chi connectivity index (χ4n) is 2.52. The van der Waals surface area contributed by atoms with Gasteiger partial charge >= 0.3 is 5.17 Å². The van der Waals surface area contributed by atoms with Crippen molar-refractivity contribution in [2.75, 3.05) is 72.8 Å². The van der Waals surface area contributed by atoms with E-state index in [1.54, 1.807) is 7.05 Å². The van der Waals surface area contributed by atoms with Gasteiger partial charge in [0.2, 0.25) is 0 Å². The zero-order valence-electron chi connectivity index (χ0n) is 19.0. The molecule has 7 N–H and O–H groups in total. The van der Waals surface area contributed by atoms with Gasteiger partial charge < -0.3 is 15.5 Å². The summed E-state index contributed by atoms with van der Waals surface area (Å²) < 4.78 is 1.39. The molecule has 3 fully saturated rings. The first-order valence-corrected chi connectivity index (χ1v) is 13.1. The van der Waals surface area contributed by atoms with Gasteiger partial charge in [0.25, 0.3) is 0 Å². The van der Waals surface area contributed by atoms with Crippen LogP contribution in [0.3, 0.4) is 0 Å². The van der Waals surface area contributed by atoms with Crippen LogP contribution >= 0.6 is 11.8 Å². The van der Waals surface area contributed by atoms with E-state index in [0.717, 1.165) is 5.92 Å². The van der Waals surface area contributed by atoms with Crippen LogP contribution in [0, 0.1) is 30.9 Å². The molecule has 0 saturated carbocycles. The van der Waals surface area contributed by atoms with Gasteiger partial charge in [0.05, 0.1) is 66.6 Å². The third-order valence-electron chi connectivity index (χ3n) is 3.81. The van der Waals surface area contributed by atoms with Crippen LogP contribution in [-0.2, 0) is 10.9 Å². The summed E-state index contributed by atoms with van der Waals surface area (Å²) in [6.45, 7) is 4.39. The van der Waals surface area contributed by atoms with Crippen molar-refractivity contribution in [3.05, 3.63) is 0 Å². The molecular weight excluding hydrogens is 410 g/mol. The Bertz CT molecular complexity index is 415. The molecule has 0 aromatic rings. The molecule has 0 unspecified atom stereocenters. The number of nitrogens with zero attached hydrogens (tertiary/aromatic N) is 1. The van der Waals surface area contributed by atoms with Crippen molar-refractivity contribution in [3.8, 4) is 24.9 Å². The van der Waals surface area contributed by atoms with Gasteiger partial charge in [-0.2, -0.15) is 10.3 Å². The average molecular weight is 469 g/mol. The lowest BCUT2D eigenvalue weighted by Gasteiger charge is -2.46. The topological polar surface area (TPSA) is 70.2 Å². The normalized spacial score (nSPS) is 19.7. The maximum absolute atomic E-state index is 4.93. The lowest BCUT2D eigenvalue weighted by Crippen LogP contribution is -2.74. The van der Waals surface area contributed by atoms with Gasteiger partial charge in [-0.1, -0.05) is 35.1 Å². The van der Waals surface area contributed by atoms with E-state index in [1.807, 2.05) is 25.7 Å². The quantitative estimate of drug-likeness (QED) is 0.0999. The highest BCUT2D eigenvalue weighted by Crippen LogP contribution is 2.31. The summed E-state index contributed by atoms with van der Waals surface area (Å²) in [6.07, 6.45) is 22.8. The zero-order valence-corrected chi connectivity index (χ0v) is 20.7. The van der Waals surface area contributed by atoms with E-state index in [0.29, 0.717) is 16.1 Å². The van der Waals surface area contributed by atoms with Crippen LogP contribution in [0.25, 0.3) is 0 Å². The second kappa shape index (κ2) is 30.4. The number of amidine groups is 1. The Labute approximate surface area is 198 Å². The van der Waals surface area contributed by atoms with Crippen LogP contribution < -0.4 is 21.4 Å². The molecule has 3 heterocycles. The van der Waals surface area contributed by atoms with E-state index in [1.165, 1.54) is 55.1 Å². The molecule has 0 aromatic carbocycles. The molecular formula is C23H58N5S2+5. The second-order valence-corrected chi connectivity index (χ2v) is 10.2.